The molecule has 2 aliphatic heterocycles. The number of aliphatic hydroxyl groups is 1. The van der Waals surface area contributed by atoms with Crippen molar-refractivity contribution in [1.29, 1.82) is 5.26 Å². The second kappa shape index (κ2) is 9.40. The Hall–Kier alpha value is -3.49. The third kappa shape index (κ3) is 4.47. The number of nitriles is 1. The minimum atomic E-state index is -0.108. The SMILES string of the molecule is CN(c1nc(Nc2cc(CO)[nH]n2)cc(-c2cnn(C)c2)n1)[C@@H]1C[C@H]2CC[C@@H](C1)N2CCC#N. The van der Waals surface area contributed by atoms with Crippen molar-refractivity contribution in [3.8, 4) is 17.3 Å². The molecule has 3 atom stereocenters. The van der Waals surface area contributed by atoms with E-state index in [1.54, 1.807) is 16.9 Å². The van der Waals surface area contributed by atoms with Crippen molar-refractivity contribution in [2.45, 2.75) is 56.8 Å². The highest BCUT2D eigenvalue weighted by atomic mass is 16.3. The minimum Gasteiger partial charge on any atom is -0.390 e. The van der Waals surface area contributed by atoms with Crippen LogP contribution in [0, 0.1) is 11.3 Å². The van der Waals surface area contributed by atoms with Gasteiger partial charge in [-0.3, -0.25) is 14.7 Å². The lowest BCUT2D eigenvalue weighted by Crippen LogP contribution is -2.50. The summed E-state index contributed by atoms with van der Waals surface area (Å²) in [6.07, 6.45) is 8.78. The molecule has 2 saturated heterocycles. The Morgan fingerprint density at radius 3 is 2.68 bits per heavy atom. The monoisotopic (exact) mass is 462 g/mol. The molecule has 5 rings (SSSR count). The Morgan fingerprint density at radius 2 is 2.03 bits per heavy atom. The number of aryl methyl sites for hydroxylation is 1. The maximum Gasteiger partial charge on any atom is 0.227 e. The Labute approximate surface area is 198 Å². The summed E-state index contributed by atoms with van der Waals surface area (Å²) < 4.78 is 1.75. The summed E-state index contributed by atoms with van der Waals surface area (Å²) in [6, 6.07) is 7.29. The van der Waals surface area contributed by atoms with E-state index in [2.05, 4.69) is 43.5 Å². The maximum absolute atomic E-state index is 9.33. The molecule has 34 heavy (non-hydrogen) atoms. The predicted octanol–water partition coefficient (Wildman–Crippen LogP) is 2.18. The quantitative estimate of drug-likeness (QED) is 0.460. The number of rotatable bonds is 8. The van der Waals surface area contributed by atoms with Crippen molar-refractivity contribution in [3.63, 3.8) is 0 Å². The number of hydrogen-bond acceptors (Lipinski definition) is 9. The number of hydrogen-bond donors (Lipinski definition) is 3. The van der Waals surface area contributed by atoms with E-state index in [1.165, 1.54) is 12.8 Å². The predicted molar refractivity (Wildman–Crippen MR) is 127 cm³/mol. The maximum atomic E-state index is 9.33. The first-order valence-electron chi connectivity index (χ1n) is 11.7. The lowest BCUT2D eigenvalue weighted by Gasteiger charge is -2.42. The molecule has 0 amide bonds. The highest BCUT2D eigenvalue weighted by molar-refractivity contribution is 5.66. The molecular formula is C23H30N10O. The zero-order valence-electron chi connectivity index (χ0n) is 19.5. The van der Waals surface area contributed by atoms with Crippen LogP contribution < -0.4 is 10.2 Å². The third-order valence-electron chi connectivity index (χ3n) is 6.98. The van der Waals surface area contributed by atoms with Crippen molar-refractivity contribution in [1.82, 2.24) is 34.8 Å². The molecule has 5 heterocycles. The number of nitrogens with one attached hydrogen (secondary N) is 2. The van der Waals surface area contributed by atoms with Crippen LogP contribution in [0.5, 0.6) is 0 Å². The molecule has 3 aromatic rings. The second-order valence-corrected chi connectivity index (χ2v) is 9.17. The van der Waals surface area contributed by atoms with Gasteiger partial charge in [-0.05, 0) is 25.7 Å². The first-order chi connectivity index (χ1) is 16.5. The van der Waals surface area contributed by atoms with E-state index in [-0.39, 0.29) is 6.61 Å². The summed E-state index contributed by atoms with van der Waals surface area (Å²) in [5, 5.41) is 32.9. The van der Waals surface area contributed by atoms with E-state index in [1.807, 2.05) is 19.3 Å². The van der Waals surface area contributed by atoms with E-state index < -0.39 is 0 Å². The van der Waals surface area contributed by atoms with E-state index in [0.29, 0.717) is 47.8 Å². The molecule has 3 N–H and O–H groups in total. The van der Waals surface area contributed by atoms with Gasteiger partial charge in [0.05, 0.1) is 30.3 Å². The van der Waals surface area contributed by atoms with Crippen molar-refractivity contribution in [2.24, 2.45) is 7.05 Å². The van der Waals surface area contributed by atoms with Crippen LogP contribution >= 0.6 is 0 Å². The molecule has 0 aliphatic carbocycles. The van der Waals surface area contributed by atoms with Gasteiger partial charge in [0.25, 0.3) is 0 Å². The van der Waals surface area contributed by atoms with Crippen LogP contribution in [0.1, 0.15) is 37.8 Å². The summed E-state index contributed by atoms with van der Waals surface area (Å²) in [5.74, 6) is 1.86. The van der Waals surface area contributed by atoms with Gasteiger partial charge in [0.15, 0.2) is 5.82 Å². The number of H-pyrrole nitrogens is 1. The third-order valence-corrected chi connectivity index (χ3v) is 6.98. The van der Waals surface area contributed by atoms with Gasteiger partial charge in [-0.2, -0.15) is 20.4 Å². The molecule has 11 heteroatoms. The second-order valence-electron chi connectivity index (χ2n) is 9.17. The first-order valence-corrected chi connectivity index (χ1v) is 11.7. The van der Waals surface area contributed by atoms with Crippen LogP contribution in [0.25, 0.3) is 11.3 Å². The molecule has 0 spiro atoms. The summed E-state index contributed by atoms with van der Waals surface area (Å²) in [6.45, 7) is 0.756. The molecule has 0 radical (unpaired) electrons. The fraction of sp³-hybridized carbons (Fsp3) is 0.522. The summed E-state index contributed by atoms with van der Waals surface area (Å²) >= 11 is 0. The van der Waals surface area contributed by atoms with Crippen LogP contribution in [0.3, 0.4) is 0 Å². The van der Waals surface area contributed by atoms with Gasteiger partial charge in [0.2, 0.25) is 5.95 Å². The average Bonchev–Trinajstić information content (AvgIpc) is 3.54. The number of aromatic nitrogens is 6. The summed E-state index contributed by atoms with van der Waals surface area (Å²) in [4.78, 5) is 14.4. The molecule has 0 aromatic carbocycles. The van der Waals surface area contributed by atoms with Gasteiger partial charge in [0.1, 0.15) is 5.82 Å². The normalized spacial score (nSPS) is 22.0. The zero-order valence-corrected chi connectivity index (χ0v) is 19.5. The average molecular weight is 463 g/mol. The molecule has 0 unspecified atom stereocenters. The van der Waals surface area contributed by atoms with Crippen molar-refractivity contribution in [3.05, 3.63) is 30.2 Å². The summed E-state index contributed by atoms with van der Waals surface area (Å²) in [7, 11) is 3.95. The van der Waals surface area contributed by atoms with Crippen LogP contribution in [0.2, 0.25) is 0 Å². The summed E-state index contributed by atoms with van der Waals surface area (Å²) in [5.41, 5.74) is 2.31. The van der Waals surface area contributed by atoms with Gasteiger partial charge < -0.3 is 15.3 Å². The number of aromatic amines is 1. The van der Waals surface area contributed by atoms with Crippen LogP contribution in [-0.2, 0) is 13.7 Å². The number of anilines is 3. The number of aliphatic hydroxyl groups excluding tert-OH is 1. The van der Waals surface area contributed by atoms with Crippen molar-refractivity contribution in [2.75, 3.05) is 23.8 Å². The van der Waals surface area contributed by atoms with Gasteiger partial charge in [-0.1, -0.05) is 0 Å². The van der Waals surface area contributed by atoms with Crippen molar-refractivity contribution < 1.29 is 5.11 Å². The van der Waals surface area contributed by atoms with Crippen molar-refractivity contribution >= 4 is 17.6 Å². The molecule has 11 nitrogen and oxygen atoms in total. The highest BCUT2D eigenvalue weighted by Crippen LogP contribution is 2.38. The molecule has 2 fully saturated rings. The molecular weight excluding hydrogens is 432 g/mol. The van der Waals surface area contributed by atoms with Gasteiger partial charge in [0, 0.05) is 69.1 Å². The molecule has 3 aromatic heterocycles. The molecule has 2 bridgehead atoms. The fourth-order valence-electron chi connectivity index (χ4n) is 5.26. The lowest BCUT2D eigenvalue weighted by atomic mass is 9.96. The standard InChI is InChI=1S/C23H30N10O/c1-31-13-15(12-25-31)20-11-21(27-22-8-16(14-34)29-30-22)28-23(26-20)32(2)19-9-17-4-5-18(10-19)33(17)7-3-6-24/h8,11-13,17-19,34H,3-5,7,9-10,14H2,1-2H3,(H2,26,27,28,29,30)/t17-,18+,19-. The smallest absolute Gasteiger partial charge is 0.227 e. The van der Waals surface area contributed by atoms with Crippen LogP contribution in [0.15, 0.2) is 24.5 Å². The largest absolute Gasteiger partial charge is 0.390 e. The van der Waals surface area contributed by atoms with E-state index >= 15 is 0 Å². The molecule has 0 saturated carbocycles. The van der Waals surface area contributed by atoms with E-state index in [9.17, 15) is 5.11 Å². The Kier molecular flexibility index (Phi) is 6.17. The van der Waals surface area contributed by atoms with E-state index in [4.69, 9.17) is 15.2 Å². The first kappa shape index (κ1) is 22.3. The molecule has 178 valence electrons. The highest BCUT2D eigenvalue weighted by Gasteiger charge is 2.41. The van der Waals surface area contributed by atoms with Gasteiger partial charge >= 0.3 is 0 Å². The van der Waals surface area contributed by atoms with Crippen LogP contribution in [0.4, 0.5) is 17.6 Å². The van der Waals surface area contributed by atoms with Gasteiger partial charge in [-0.15, -0.1) is 0 Å². The zero-order chi connectivity index (χ0) is 23.7. The van der Waals surface area contributed by atoms with Crippen LogP contribution in [-0.4, -0.2) is 71.7 Å². The Bertz CT molecular complexity index is 1170. The fourth-order valence-corrected chi connectivity index (χ4v) is 5.26. The molecule has 2 aliphatic rings. The number of fused-ring (bicyclic) bond motifs is 2. The topological polar surface area (TPSA) is 135 Å². The lowest BCUT2D eigenvalue weighted by molar-refractivity contribution is 0.129. The number of piperidine rings is 1. The number of nitrogens with zero attached hydrogens (tertiary/aromatic N) is 8. The van der Waals surface area contributed by atoms with E-state index in [0.717, 1.165) is 30.6 Å². The minimum absolute atomic E-state index is 0.108. The Morgan fingerprint density at radius 1 is 1.24 bits per heavy atom. The Balaban J connectivity index is 1.41. The van der Waals surface area contributed by atoms with Gasteiger partial charge in [-0.25, -0.2) is 4.98 Å².